The van der Waals surface area contributed by atoms with E-state index in [4.69, 9.17) is 10.5 Å². The molecule has 1 fully saturated rings. The van der Waals surface area contributed by atoms with Gasteiger partial charge in [0.25, 0.3) is 5.92 Å². The largest absolute Gasteiger partial charge is 0.461 e. The summed E-state index contributed by atoms with van der Waals surface area (Å²) in [6, 6.07) is 15.8. The van der Waals surface area contributed by atoms with E-state index in [2.05, 4.69) is 42.0 Å². The molecule has 0 amide bonds. The van der Waals surface area contributed by atoms with Crippen molar-refractivity contribution in [2.45, 2.75) is 56.9 Å². The van der Waals surface area contributed by atoms with E-state index in [0.29, 0.717) is 17.2 Å². The number of carbonyl (C=O) groups excluding carboxylic acids is 1. The first kappa shape index (κ1) is 42.0. The van der Waals surface area contributed by atoms with Crippen LogP contribution in [0.1, 0.15) is 41.1 Å². The molecule has 0 saturated heterocycles. The van der Waals surface area contributed by atoms with Crippen molar-refractivity contribution in [3.63, 3.8) is 0 Å². The van der Waals surface area contributed by atoms with Gasteiger partial charge in [0.15, 0.2) is 0 Å². The van der Waals surface area contributed by atoms with Crippen molar-refractivity contribution in [1.82, 2.24) is 10.2 Å². The number of aryl methyl sites for hydroxylation is 1. The summed E-state index contributed by atoms with van der Waals surface area (Å²) in [7, 11) is 5.19. The lowest BCUT2D eigenvalue weighted by atomic mass is 9.88. The first-order valence-electron chi connectivity index (χ1n) is 13.6. The minimum absolute atomic E-state index is 0.0116. The minimum Gasteiger partial charge on any atom is -0.428 e. The highest BCUT2D eigenvalue weighted by Gasteiger charge is 2.45. The van der Waals surface area contributed by atoms with E-state index in [0.717, 1.165) is 12.1 Å². The van der Waals surface area contributed by atoms with Gasteiger partial charge in [0.2, 0.25) is 0 Å². The molecule has 1 aliphatic carbocycles. The zero-order valence-corrected chi connectivity index (χ0v) is 25.9. The van der Waals surface area contributed by atoms with E-state index >= 15 is 0 Å². The molecule has 0 unspecified atom stereocenters. The molecule has 5 nitrogen and oxygen atoms in total. The van der Waals surface area contributed by atoms with E-state index in [1.54, 1.807) is 26.0 Å². The van der Waals surface area contributed by atoms with Crippen LogP contribution in [0.3, 0.4) is 0 Å². The second kappa shape index (κ2) is 20.2. The van der Waals surface area contributed by atoms with Crippen LogP contribution in [0.4, 0.5) is 35.1 Å². The van der Waals surface area contributed by atoms with E-state index in [1.165, 1.54) is 23.8 Å². The van der Waals surface area contributed by atoms with Gasteiger partial charge in [-0.25, -0.2) is 17.6 Å². The Morgan fingerprint density at radius 2 is 1.57 bits per heavy atom. The summed E-state index contributed by atoms with van der Waals surface area (Å²) in [6.07, 6.45) is -0.819. The third kappa shape index (κ3) is 14.9. The van der Waals surface area contributed by atoms with Crippen LogP contribution < -0.4 is 15.8 Å². The topological polar surface area (TPSA) is 67.6 Å². The van der Waals surface area contributed by atoms with Gasteiger partial charge in [0.1, 0.15) is 24.2 Å². The average Bonchev–Trinajstić information content (AvgIpc) is 2.99. The highest BCUT2D eigenvalue weighted by molar-refractivity contribution is 5.38. The minimum atomic E-state index is -4.77. The SMILES string of the molecule is C#C.C=O.CN(C)Cc1cc([C@@H](N)c2cc(F)cc(OC(F)(F)C(F)F)c2)ccc1F.CNC1CC(F)(F)C1.Cc1ccccc1. The number of hydrogen-bond acceptors (Lipinski definition) is 5. The Hall–Kier alpha value is -3.99. The molecule has 4 rings (SSSR count). The predicted octanol–water partition coefficient (Wildman–Crippen LogP) is 7.37. The summed E-state index contributed by atoms with van der Waals surface area (Å²) in [6.45, 7) is 4.37. The standard InChI is InChI=1S/C18H18F6N2O.C7H8.C5H9F2N.C2H2.CH2O/c1-26(2)9-12-5-10(3-4-15(12)20)16(25)11-6-13(19)8-14(7-11)27-18(23,24)17(21)22;1-7-5-3-2-4-6-7;1-8-4-2-5(6,7)3-4;2*1-2/h3-8,16-17H,9,25H2,1-2H3;2-6H,1H3;4,8H,2-3H2,1H3;1-2H;1H2/t16-;;;;/m1..../s1. The molecule has 1 aliphatic rings. The van der Waals surface area contributed by atoms with Gasteiger partial charge >= 0.3 is 12.5 Å². The molecule has 0 spiro atoms. The number of nitrogens with two attached hydrogens (primary N) is 1. The van der Waals surface area contributed by atoms with Crippen molar-refractivity contribution < 1.29 is 44.7 Å². The Labute approximate surface area is 264 Å². The Kier molecular flexibility index (Phi) is 18.4. The monoisotopic (exact) mass is 661 g/mol. The third-order valence-corrected chi connectivity index (χ3v) is 6.11. The number of alkyl halides is 6. The molecule has 0 radical (unpaired) electrons. The lowest BCUT2D eigenvalue weighted by molar-refractivity contribution is -0.253. The van der Waals surface area contributed by atoms with Crippen LogP contribution in [-0.4, -0.2) is 57.3 Å². The summed E-state index contributed by atoms with van der Waals surface area (Å²) in [5.41, 5.74) is 8.10. The fraction of sp³-hybridized carbons (Fsp3) is 0.364. The number of hydrogen-bond donors (Lipinski definition) is 2. The second-order valence-corrected chi connectivity index (χ2v) is 10.2. The fourth-order valence-corrected chi connectivity index (χ4v) is 3.87. The second-order valence-electron chi connectivity index (χ2n) is 10.2. The third-order valence-electron chi connectivity index (χ3n) is 6.11. The average molecular weight is 662 g/mol. The Bertz CT molecular complexity index is 1320. The molecule has 46 heavy (non-hydrogen) atoms. The molecule has 3 aromatic carbocycles. The molecule has 0 aliphatic heterocycles. The highest BCUT2D eigenvalue weighted by atomic mass is 19.3. The van der Waals surface area contributed by atoms with Crippen molar-refractivity contribution in [2.75, 3.05) is 21.1 Å². The number of carbonyl (C=O) groups is 1. The summed E-state index contributed by atoms with van der Waals surface area (Å²) >= 11 is 0. The molecule has 0 bridgehead atoms. The van der Waals surface area contributed by atoms with Gasteiger partial charge in [-0.1, -0.05) is 42.0 Å². The zero-order chi connectivity index (χ0) is 35.7. The summed E-state index contributed by atoms with van der Waals surface area (Å²) in [4.78, 5) is 9.73. The summed E-state index contributed by atoms with van der Waals surface area (Å²) in [5, 5.41) is 2.78. The van der Waals surface area contributed by atoms with E-state index in [-0.39, 0.29) is 31.0 Å². The van der Waals surface area contributed by atoms with Gasteiger partial charge in [0, 0.05) is 37.1 Å². The number of halogens is 8. The Morgan fingerprint density at radius 3 is 1.98 bits per heavy atom. The lowest BCUT2D eigenvalue weighted by Gasteiger charge is -2.34. The number of nitrogens with one attached hydrogen (secondary N) is 1. The summed E-state index contributed by atoms with van der Waals surface area (Å²) in [5.74, 6) is -4.60. The molecule has 13 heteroatoms. The van der Waals surface area contributed by atoms with Crippen molar-refractivity contribution in [1.29, 1.82) is 0 Å². The first-order chi connectivity index (χ1) is 21.5. The number of terminal acetylenes is 1. The maximum atomic E-state index is 13.9. The number of nitrogens with zero attached hydrogens (tertiary/aromatic N) is 1. The van der Waals surface area contributed by atoms with Crippen LogP contribution in [0.25, 0.3) is 0 Å². The highest BCUT2D eigenvalue weighted by Crippen LogP contribution is 2.37. The molecule has 1 atom stereocenters. The van der Waals surface area contributed by atoms with Crippen molar-refractivity contribution in [3.05, 3.63) is 101 Å². The van der Waals surface area contributed by atoms with Gasteiger partial charge in [-0.3, -0.25) is 0 Å². The number of rotatable bonds is 8. The van der Waals surface area contributed by atoms with Gasteiger partial charge in [-0.2, -0.15) is 17.6 Å². The zero-order valence-electron chi connectivity index (χ0n) is 25.9. The van der Waals surface area contributed by atoms with Crippen LogP contribution in [0, 0.1) is 31.4 Å². The van der Waals surface area contributed by atoms with Gasteiger partial charge in [-0.05, 0) is 63.5 Å². The van der Waals surface area contributed by atoms with Crippen molar-refractivity contribution >= 4 is 6.79 Å². The molecule has 3 N–H and O–H groups in total. The molecule has 3 aromatic rings. The number of ether oxygens (including phenoxy) is 1. The smallest absolute Gasteiger partial charge is 0.428 e. The van der Waals surface area contributed by atoms with Crippen molar-refractivity contribution in [3.8, 4) is 18.6 Å². The van der Waals surface area contributed by atoms with Crippen LogP contribution in [0.5, 0.6) is 5.75 Å². The van der Waals surface area contributed by atoms with Crippen LogP contribution in [0.15, 0.2) is 66.7 Å². The Morgan fingerprint density at radius 1 is 1.00 bits per heavy atom. The van der Waals surface area contributed by atoms with E-state index in [9.17, 15) is 35.1 Å². The van der Waals surface area contributed by atoms with Crippen LogP contribution >= 0.6 is 0 Å². The fourth-order valence-electron chi connectivity index (χ4n) is 3.87. The molecule has 0 aromatic heterocycles. The first-order valence-corrected chi connectivity index (χ1v) is 13.6. The predicted molar refractivity (Wildman–Crippen MR) is 163 cm³/mol. The molecular weight excluding hydrogens is 622 g/mol. The molecule has 254 valence electrons. The van der Waals surface area contributed by atoms with E-state index in [1.807, 2.05) is 25.0 Å². The Balaban J connectivity index is 0.000000859. The quantitative estimate of drug-likeness (QED) is 0.195. The van der Waals surface area contributed by atoms with Crippen LogP contribution in [0.2, 0.25) is 0 Å². The van der Waals surface area contributed by atoms with E-state index < -0.39 is 41.9 Å². The molecule has 0 heterocycles. The van der Waals surface area contributed by atoms with Gasteiger partial charge in [-0.15, -0.1) is 12.8 Å². The summed E-state index contributed by atoms with van der Waals surface area (Å²) < 4.78 is 106. The molecule has 1 saturated carbocycles. The maximum Gasteiger partial charge on any atom is 0.461 e. The normalized spacial score (nSPS) is 14.0. The lowest BCUT2D eigenvalue weighted by Crippen LogP contribution is -2.46. The number of benzene rings is 3. The van der Waals surface area contributed by atoms with Crippen LogP contribution in [-0.2, 0) is 11.3 Å². The maximum absolute atomic E-state index is 13.9. The van der Waals surface area contributed by atoms with Gasteiger partial charge < -0.3 is 25.5 Å². The van der Waals surface area contributed by atoms with Crippen molar-refractivity contribution in [2.24, 2.45) is 5.73 Å². The van der Waals surface area contributed by atoms with Gasteiger partial charge in [0.05, 0.1) is 6.04 Å². The molecular formula is C33H39F8N3O2.